The third-order valence-electron chi connectivity index (χ3n) is 3.94. The van der Waals surface area contributed by atoms with Gasteiger partial charge in [-0.05, 0) is 48.0 Å². The fourth-order valence-electron chi connectivity index (χ4n) is 2.68. The molecule has 1 amide bonds. The molecule has 0 fully saturated rings. The Kier molecular flexibility index (Phi) is 5.49. The Morgan fingerprint density at radius 2 is 1.85 bits per heavy atom. The molecule has 0 heterocycles. The van der Waals surface area contributed by atoms with Crippen molar-refractivity contribution < 1.29 is 14.3 Å². The Balaban J connectivity index is 1.78. The van der Waals surface area contributed by atoms with E-state index in [-0.39, 0.29) is 5.91 Å². The SMILES string of the molecule is CCOc1ccc(C(=O)N/N=C/c2c(OC)ccc3ccccc23)cc1. The number of benzene rings is 3. The van der Waals surface area contributed by atoms with Gasteiger partial charge in [0.15, 0.2) is 0 Å². The molecule has 0 aromatic heterocycles. The van der Waals surface area contributed by atoms with Crippen molar-refractivity contribution in [3.63, 3.8) is 0 Å². The Bertz CT molecular complexity index is 934. The number of nitrogens with zero attached hydrogens (tertiary/aromatic N) is 1. The lowest BCUT2D eigenvalue weighted by molar-refractivity contribution is 0.0955. The molecular formula is C21H20N2O3. The van der Waals surface area contributed by atoms with E-state index in [1.165, 1.54) is 0 Å². The fraction of sp³-hybridized carbons (Fsp3) is 0.143. The second-order valence-corrected chi connectivity index (χ2v) is 5.56. The highest BCUT2D eigenvalue weighted by Crippen LogP contribution is 2.26. The normalized spacial score (nSPS) is 10.8. The van der Waals surface area contributed by atoms with Crippen molar-refractivity contribution in [1.29, 1.82) is 0 Å². The number of hydrogen-bond donors (Lipinski definition) is 1. The first kappa shape index (κ1) is 17.5. The summed E-state index contributed by atoms with van der Waals surface area (Å²) >= 11 is 0. The van der Waals surface area contributed by atoms with E-state index in [1.807, 2.05) is 43.3 Å². The van der Waals surface area contributed by atoms with Crippen molar-refractivity contribution in [3.05, 3.63) is 71.8 Å². The van der Waals surface area contributed by atoms with Gasteiger partial charge < -0.3 is 9.47 Å². The highest BCUT2D eigenvalue weighted by Gasteiger charge is 2.07. The molecule has 1 N–H and O–H groups in total. The van der Waals surface area contributed by atoms with Crippen molar-refractivity contribution in [2.75, 3.05) is 13.7 Å². The van der Waals surface area contributed by atoms with Gasteiger partial charge in [0.25, 0.3) is 5.91 Å². The first-order valence-corrected chi connectivity index (χ1v) is 8.35. The van der Waals surface area contributed by atoms with Gasteiger partial charge in [0.05, 0.1) is 19.9 Å². The molecule has 3 aromatic rings. The van der Waals surface area contributed by atoms with Crippen LogP contribution < -0.4 is 14.9 Å². The van der Waals surface area contributed by atoms with Gasteiger partial charge >= 0.3 is 0 Å². The van der Waals surface area contributed by atoms with Gasteiger partial charge in [-0.3, -0.25) is 4.79 Å². The van der Waals surface area contributed by atoms with Gasteiger partial charge in [-0.15, -0.1) is 0 Å². The second-order valence-electron chi connectivity index (χ2n) is 5.56. The first-order chi connectivity index (χ1) is 12.7. The molecule has 5 heteroatoms. The van der Waals surface area contributed by atoms with Crippen molar-refractivity contribution in [1.82, 2.24) is 5.43 Å². The third kappa shape index (κ3) is 3.83. The molecule has 0 radical (unpaired) electrons. The number of fused-ring (bicyclic) bond motifs is 1. The molecule has 0 aliphatic carbocycles. The van der Waals surface area contributed by atoms with Crippen LogP contribution in [-0.2, 0) is 0 Å². The van der Waals surface area contributed by atoms with Crippen LogP contribution in [0.15, 0.2) is 65.8 Å². The third-order valence-corrected chi connectivity index (χ3v) is 3.94. The predicted octanol–water partition coefficient (Wildman–Crippen LogP) is 4.01. The van der Waals surface area contributed by atoms with Crippen LogP contribution in [0.25, 0.3) is 10.8 Å². The Morgan fingerprint density at radius 1 is 1.08 bits per heavy atom. The van der Waals surface area contributed by atoms with Gasteiger partial charge in [0.2, 0.25) is 0 Å². The molecule has 0 unspecified atom stereocenters. The summed E-state index contributed by atoms with van der Waals surface area (Å²) in [4.78, 5) is 12.2. The molecule has 0 aliphatic heterocycles. The number of methoxy groups -OCH3 is 1. The van der Waals surface area contributed by atoms with Gasteiger partial charge in [-0.2, -0.15) is 5.10 Å². The number of carbonyl (C=O) groups excluding carboxylic acids is 1. The zero-order valence-electron chi connectivity index (χ0n) is 14.7. The molecule has 26 heavy (non-hydrogen) atoms. The van der Waals surface area contributed by atoms with Crippen LogP contribution in [0, 0.1) is 0 Å². The summed E-state index contributed by atoms with van der Waals surface area (Å²) in [6, 6.07) is 18.7. The van der Waals surface area contributed by atoms with Crippen molar-refractivity contribution >= 4 is 22.9 Å². The number of amides is 1. The quantitative estimate of drug-likeness (QED) is 0.541. The van der Waals surface area contributed by atoms with Crippen molar-refractivity contribution in [2.24, 2.45) is 5.10 Å². The zero-order valence-corrected chi connectivity index (χ0v) is 14.7. The number of hydrogen-bond acceptors (Lipinski definition) is 4. The lowest BCUT2D eigenvalue weighted by Crippen LogP contribution is -2.17. The monoisotopic (exact) mass is 348 g/mol. The number of rotatable bonds is 6. The molecule has 0 spiro atoms. The van der Waals surface area contributed by atoms with Crippen LogP contribution in [0.3, 0.4) is 0 Å². The molecule has 0 saturated heterocycles. The van der Waals surface area contributed by atoms with E-state index in [0.717, 1.165) is 22.1 Å². The summed E-state index contributed by atoms with van der Waals surface area (Å²) in [5, 5.41) is 6.18. The minimum Gasteiger partial charge on any atom is -0.496 e. The van der Waals surface area contributed by atoms with Crippen LogP contribution in [0.5, 0.6) is 11.5 Å². The highest BCUT2D eigenvalue weighted by molar-refractivity contribution is 6.03. The number of carbonyl (C=O) groups is 1. The van der Waals surface area contributed by atoms with E-state index in [0.29, 0.717) is 17.9 Å². The topological polar surface area (TPSA) is 59.9 Å². The van der Waals surface area contributed by atoms with Crippen LogP contribution in [0.2, 0.25) is 0 Å². The first-order valence-electron chi connectivity index (χ1n) is 8.35. The van der Waals surface area contributed by atoms with Crippen molar-refractivity contribution in [3.8, 4) is 11.5 Å². The standard InChI is InChI=1S/C21H20N2O3/c1-3-26-17-11-8-16(9-12-17)21(24)23-22-14-19-18-7-5-4-6-15(18)10-13-20(19)25-2/h4-14H,3H2,1-2H3,(H,23,24)/b22-14+. The smallest absolute Gasteiger partial charge is 0.271 e. The Morgan fingerprint density at radius 3 is 2.58 bits per heavy atom. The van der Waals surface area contributed by atoms with Gasteiger partial charge in [0.1, 0.15) is 11.5 Å². The van der Waals surface area contributed by atoms with Crippen LogP contribution >= 0.6 is 0 Å². The maximum Gasteiger partial charge on any atom is 0.271 e. The minimum atomic E-state index is -0.288. The Hall–Kier alpha value is -3.34. The number of ether oxygens (including phenoxy) is 2. The predicted molar refractivity (Wildman–Crippen MR) is 103 cm³/mol. The molecule has 0 atom stereocenters. The molecule has 3 aromatic carbocycles. The van der Waals surface area contributed by atoms with E-state index < -0.39 is 0 Å². The fourth-order valence-corrected chi connectivity index (χ4v) is 2.68. The molecule has 3 rings (SSSR count). The lowest BCUT2D eigenvalue weighted by atomic mass is 10.0. The molecule has 0 aliphatic rings. The largest absolute Gasteiger partial charge is 0.496 e. The summed E-state index contributed by atoms with van der Waals surface area (Å²) in [6.45, 7) is 2.50. The van der Waals surface area contributed by atoms with Crippen LogP contribution in [-0.4, -0.2) is 25.8 Å². The van der Waals surface area contributed by atoms with E-state index in [1.54, 1.807) is 37.6 Å². The lowest BCUT2D eigenvalue weighted by Gasteiger charge is -2.08. The molecule has 132 valence electrons. The van der Waals surface area contributed by atoms with E-state index in [4.69, 9.17) is 9.47 Å². The maximum absolute atomic E-state index is 12.2. The Labute approximate surface area is 152 Å². The van der Waals surface area contributed by atoms with E-state index in [2.05, 4.69) is 10.5 Å². The average Bonchev–Trinajstić information content (AvgIpc) is 2.68. The second kappa shape index (κ2) is 8.16. The molecule has 0 saturated carbocycles. The molecule has 5 nitrogen and oxygen atoms in total. The van der Waals surface area contributed by atoms with Gasteiger partial charge in [0, 0.05) is 11.1 Å². The zero-order chi connectivity index (χ0) is 18.4. The number of hydrazone groups is 1. The van der Waals surface area contributed by atoms with Gasteiger partial charge in [-0.25, -0.2) is 5.43 Å². The van der Waals surface area contributed by atoms with Crippen LogP contribution in [0.1, 0.15) is 22.8 Å². The molecular weight excluding hydrogens is 328 g/mol. The average molecular weight is 348 g/mol. The maximum atomic E-state index is 12.2. The summed E-state index contributed by atoms with van der Waals surface area (Å²) < 4.78 is 10.8. The highest BCUT2D eigenvalue weighted by atomic mass is 16.5. The molecule has 0 bridgehead atoms. The summed E-state index contributed by atoms with van der Waals surface area (Å²) in [7, 11) is 1.61. The number of nitrogens with one attached hydrogen (secondary N) is 1. The van der Waals surface area contributed by atoms with E-state index in [9.17, 15) is 4.79 Å². The van der Waals surface area contributed by atoms with Crippen LogP contribution in [0.4, 0.5) is 0 Å². The van der Waals surface area contributed by atoms with E-state index >= 15 is 0 Å². The van der Waals surface area contributed by atoms with Crippen molar-refractivity contribution in [2.45, 2.75) is 6.92 Å². The van der Waals surface area contributed by atoms with Gasteiger partial charge in [-0.1, -0.05) is 30.3 Å². The summed E-state index contributed by atoms with van der Waals surface area (Å²) in [5.41, 5.74) is 3.88. The minimum absolute atomic E-state index is 0.288. The summed E-state index contributed by atoms with van der Waals surface area (Å²) in [6.07, 6.45) is 1.60. The summed E-state index contributed by atoms with van der Waals surface area (Å²) in [5.74, 6) is 1.14.